The van der Waals surface area contributed by atoms with Crippen LogP contribution in [0.2, 0.25) is 0 Å². The molecule has 5 nitrogen and oxygen atoms in total. The minimum Gasteiger partial charge on any atom is -0.456 e. The Bertz CT molecular complexity index is 1050. The van der Waals surface area contributed by atoms with Crippen LogP contribution in [0.3, 0.4) is 0 Å². The first-order valence-electron chi connectivity index (χ1n) is 7.94. The minimum absolute atomic E-state index is 0.0111. The zero-order chi connectivity index (χ0) is 18.1. The van der Waals surface area contributed by atoms with Crippen molar-refractivity contribution in [2.24, 2.45) is 0 Å². The third-order valence-electron chi connectivity index (χ3n) is 4.12. The largest absolute Gasteiger partial charge is 0.456 e. The maximum absolute atomic E-state index is 12.6. The third kappa shape index (κ3) is 2.95. The lowest BCUT2D eigenvalue weighted by molar-refractivity contribution is -0.384. The Kier molecular flexibility index (Phi) is 4.18. The number of para-hydroxylation sites is 1. The highest BCUT2D eigenvalue weighted by Crippen LogP contribution is 2.35. The molecule has 0 bridgehead atoms. The Labute approximate surface area is 153 Å². The molecule has 0 N–H and O–H groups in total. The molecule has 3 aromatic rings. The summed E-state index contributed by atoms with van der Waals surface area (Å²) in [5, 5.41) is 11.2. The van der Waals surface area contributed by atoms with Crippen molar-refractivity contribution >= 4 is 29.3 Å². The smallest absolute Gasteiger partial charge is 0.280 e. The number of rotatable bonds is 3. The van der Waals surface area contributed by atoms with E-state index in [9.17, 15) is 14.9 Å². The van der Waals surface area contributed by atoms with E-state index in [4.69, 9.17) is 4.42 Å². The predicted molar refractivity (Wildman–Crippen MR) is 100 cm³/mol. The van der Waals surface area contributed by atoms with Gasteiger partial charge in [0.25, 0.3) is 5.69 Å². The van der Waals surface area contributed by atoms with Gasteiger partial charge in [-0.3, -0.25) is 14.9 Å². The van der Waals surface area contributed by atoms with Crippen molar-refractivity contribution in [1.29, 1.82) is 0 Å². The fourth-order valence-corrected chi connectivity index (χ4v) is 3.89. The number of ketones is 1. The molecule has 0 saturated heterocycles. The number of benzene rings is 2. The first kappa shape index (κ1) is 16.4. The number of fused-ring (bicyclic) bond motifs is 1. The second-order valence-electron chi connectivity index (χ2n) is 5.76. The van der Waals surface area contributed by atoms with E-state index < -0.39 is 4.92 Å². The van der Waals surface area contributed by atoms with E-state index >= 15 is 0 Å². The lowest BCUT2D eigenvalue weighted by Crippen LogP contribution is -2.11. The van der Waals surface area contributed by atoms with Crippen LogP contribution in [0.5, 0.6) is 0 Å². The predicted octanol–water partition coefficient (Wildman–Crippen LogP) is 5.23. The Hall–Kier alpha value is -3.12. The second kappa shape index (κ2) is 6.65. The monoisotopic (exact) mass is 363 g/mol. The molecule has 0 atom stereocenters. The van der Waals surface area contributed by atoms with Gasteiger partial charge in [0.1, 0.15) is 11.5 Å². The molecule has 0 unspecified atom stereocenters. The molecule has 0 saturated carbocycles. The van der Waals surface area contributed by atoms with E-state index in [-0.39, 0.29) is 11.5 Å². The Morgan fingerprint density at radius 2 is 1.73 bits per heavy atom. The average molecular weight is 363 g/mol. The molecule has 0 amide bonds. The second-order valence-corrected chi connectivity index (χ2v) is 6.78. The number of furan rings is 1. The average Bonchev–Trinajstić information content (AvgIpc) is 3.13. The molecular formula is C20H13NO4S. The summed E-state index contributed by atoms with van der Waals surface area (Å²) in [4.78, 5) is 24.4. The number of hydrogen-bond donors (Lipinski definition) is 0. The van der Waals surface area contributed by atoms with Crippen LogP contribution in [0, 0.1) is 10.1 Å². The summed E-state index contributed by atoms with van der Waals surface area (Å²) in [6.07, 6.45) is 1.71. The molecule has 0 spiro atoms. The number of Topliss-reactive ketones (excluding diaryl/α,β-unsaturated/α-hetero) is 1. The minimum atomic E-state index is -0.436. The highest BCUT2D eigenvalue weighted by atomic mass is 32.2. The fraction of sp³-hybridized carbons (Fsp3) is 0.0500. The number of nitro groups is 1. The van der Waals surface area contributed by atoms with Gasteiger partial charge >= 0.3 is 0 Å². The SMILES string of the molecule is O=C1/C(=C/c2ccc(-c3ccccc3[N+](=O)[O-])o2)CSc2ccccc21. The van der Waals surface area contributed by atoms with E-state index in [0.29, 0.717) is 34.0 Å². The fourth-order valence-electron chi connectivity index (χ4n) is 2.87. The van der Waals surface area contributed by atoms with Crippen LogP contribution >= 0.6 is 11.8 Å². The number of nitrogens with zero attached hydrogens (tertiary/aromatic N) is 1. The van der Waals surface area contributed by atoms with E-state index in [0.717, 1.165) is 4.90 Å². The van der Waals surface area contributed by atoms with Gasteiger partial charge in [-0.05, 0) is 36.4 Å². The van der Waals surface area contributed by atoms with Crippen LogP contribution in [0.4, 0.5) is 5.69 Å². The number of hydrogen-bond acceptors (Lipinski definition) is 5. The van der Waals surface area contributed by atoms with Gasteiger partial charge in [0.15, 0.2) is 5.78 Å². The summed E-state index contributed by atoms with van der Waals surface area (Å²) in [5.74, 6) is 1.46. The Balaban J connectivity index is 1.67. The van der Waals surface area contributed by atoms with Crippen molar-refractivity contribution in [2.45, 2.75) is 4.90 Å². The lowest BCUT2D eigenvalue weighted by Gasteiger charge is -2.16. The van der Waals surface area contributed by atoms with Gasteiger partial charge in [-0.2, -0.15) is 0 Å². The highest BCUT2D eigenvalue weighted by molar-refractivity contribution is 7.99. The standard InChI is InChI=1S/C20H13NO4S/c22-20-13(12-26-19-8-4-2-6-16(19)20)11-14-9-10-18(25-14)15-5-1-3-7-17(15)21(23)24/h1-11H,12H2/b13-11+. The van der Waals surface area contributed by atoms with Gasteiger partial charge in [-0.1, -0.05) is 24.3 Å². The third-order valence-corrected chi connectivity index (χ3v) is 5.24. The molecule has 6 heteroatoms. The van der Waals surface area contributed by atoms with Crippen molar-refractivity contribution in [1.82, 2.24) is 0 Å². The molecular weight excluding hydrogens is 350 g/mol. The summed E-state index contributed by atoms with van der Waals surface area (Å²) < 4.78 is 5.76. The van der Waals surface area contributed by atoms with Crippen LogP contribution in [0.1, 0.15) is 16.1 Å². The first-order valence-corrected chi connectivity index (χ1v) is 8.93. The van der Waals surface area contributed by atoms with Crippen LogP contribution in [0.25, 0.3) is 17.4 Å². The molecule has 2 aromatic carbocycles. The summed E-state index contributed by atoms with van der Waals surface area (Å²) >= 11 is 1.61. The van der Waals surface area contributed by atoms with Crippen LogP contribution < -0.4 is 0 Å². The quantitative estimate of drug-likeness (QED) is 0.362. The maximum Gasteiger partial charge on any atom is 0.280 e. The zero-order valence-corrected chi connectivity index (χ0v) is 14.4. The molecule has 4 rings (SSSR count). The zero-order valence-electron chi connectivity index (χ0n) is 13.5. The van der Waals surface area contributed by atoms with Gasteiger partial charge < -0.3 is 4.42 Å². The molecule has 1 aliphatic rings. The Morgan fingerprint density at radius 1 is 1.00 bits per heavy atom. The van der Waals surface area contributed by atoms with E-state index in [1.165, 1.54) is 6.07 Å². The number of nitro benzene ring substituents is 1. The summed E-state index contributed by atoms with van der Waals surface area (Å²) in [5.41, 5.74) is 1.74. The molecule has 0 aliphatic carbocycles. The van der Waals surface area contributed by atoms with E-state index in [2.05, 4.69) is 0 Å². The maximum atomic E-state index is 12.6. The molecule has 26 heavy (non-hydrogen) atoms. The molecule has 0 fully saturated rings. The van der Waals surface area contributed by atoms with Crippen molar-refractivity contribution in [3.05, 3.63) is 87.7 Å². The van der Waals surface area contributed by atoms with Crippen molar-refractivity contribution in [3.8, 4) is 11.3 Å². The number of thioether (sulfide) groups is 1. The van der Waals surface area contributed by atoms with Crippen LogP contribution in [0.15, 0.2) is 75.5 Å². The Morgan fingerprint density at radius 3 is 2.54 bits per heavy atom. The molecule has 2 heterocycles. The number of carbonyl (C=O) groups is 1. The topological polar surface area (TPSA) is 73.3 Å². The van der Waals surface area contributed by atoms with Gasteiger partial charge in [0.2, 0.25) is 0 Å². The highest BCUT2D eigenvalue weighted by Gasteiger charge is 2.23. The summed E-state index contributed by atoms with van der Waals surface area (Å²) in [7, 11) is 0. The molecule has 128 valence electrons. The van der Waals surface area contributed by atoms with Crippen molar-refractivity contribution < 1.29 is 14.1 Å². The molecule has 1 aromatic heterocycles. The van der Waals surface area contributed by atoms with Crippen molar-refractivity contribution in [2.75, 3.05) is 5.75 Å². The van der Waals surface area contributed by atoms with Gasteiger partial charge in [-0.25, -0.2) is 0 Å². The summed E-state index contributed by atoms with van der Waals surface area (Å²) in [6, 6.07) is 17.3. The van der Waals surface area contributed by atoms with E-state index in [1.54, 1.807) is 48.2 Å². The normalized spacial score (nSPS) is 15.1. The van der Waals surface area contributed by atoms with Crippen molar-refractivity contribution in [3.63, 3.8) is 0 Å². The molecule has 0 radical (unpaired) electrons. The lowest BCUT2D eigenvalue weighted by atomic mass is 10.0. The van der Waals surface area contributed by atoms with Crippen LogP contribution in [-0.4, -0.2) is 16.5 Å². The molecule has 1 aliphatic heterocycles. The van der Waals surface area contributed by atoms with Gasteiger partial charge in [0, 0.05) is 27.9 Å². The van der Waals surface area contributed by atoms with Gasteiger partial charge in [-0.15, -0.1) is 11.8 Å². The number of carbonyl (C=O) groups excluding carboxylic acids is 1. The van der Waals surface area contributed by atoms with E-state index in [1.807, 2.05) is 24.3 Å². The first-order chi connectivity index (χ1) is 12.6. The summed E-state index contributed by atoms with van der Waals surface area (Å²) in [6.45, 7) is 0. The van der Waals surface area contributed by atoms with Crippen LogP contribution in [-0.2, 0) is 0 Å². The van der Waals surface area contributed by atoms with Gasteiger partial charge in [0.05, 0.1) is 10.5 Å².